The fourth-order valence-corrected chi connectivity index (χ4v) is 5.18. The van der Waals surface area contributed by atoms with Crippen molar-refractivity contribution in [1.82, 2.24) is 9.88 Å². The van der Waals surface area contributed by atoms with Gasteiger partial charge in [0.15, 0.2) is 17.5 Å². The Labute approximate surface area is 222 Å². The summed E-state index contributed by atoms with van der Waals surface area (Å²) in [6.45, 7) is 0.735. The number of carbonyl (C=O) groups is 1. The van der Waals surface area contributed by atoms with Gasteiger partial charge >= 0.3 is 5.97 Å². The number of pyridine rings is 1. The molecule has 0 unspecified atom stereocenters. The molecule has 1 aromatic heterocycles. The van der Waals surface area contributed by atoms with Crippen molar-refractivity contribution in [3.05, 3.63) is 65.1 Å². The number of aliphatic carboxylic acids is 1. The van der Waals surface area contributed by atoms with Gasteiger partial charge in [-0.15, -0.1) is 0 Å². The van der Waals surface area contributed by atoms with Crippen molar-refractivity contribution in [3.8, 4) is 5.75 Å². The summed E-state index contributed by atoms with van der Waals surface area (Å²) < 4.78 is 74.6. The number of likely N-dealkylation sites (tertiary alicyclic amines) is 1. The zero-order valence-corrected chi connectivity index (χ0v) is 21.5. The Bertz CT molecular complexity index is 1300. The second-order valence-corrected chi connectivity index (χ2v) is 9.83. The number of fused-ring (bicyclic) bond motifs is 1. The van der Waals surface area contributed by atoms with E-state index in [1.165, 1.54) is 13.3 Å². The van der Waals surface area contributed by atoms with Gasteiger partial charge in [0.2, 0.25) is 0 Å². The molecule has 0 aliphatic carbocycles. The summed E-state index contributed by atoms with van der Waals surface area (Å²) in [6, 6.07) is 6.69. The molecule has 39 heavy (non-hydrogen) atoms. The number of methoxy groups -OCH3 is 1. The monoisotopic (exact) mass is 551 g/mol. The van der Waals surface area contributed by atoms with Crippen molar-refractivity contribution < 1.29 is 36.6 Å². The zero-order chi connectivity index (χ0) is 28.2. The first-order chi connectivity index (χ1) is 18.7. The number of hydrogen-bond donors (Lipinski definition) is 2. The van der Waals surface area contributed by atoms with Gasteiger partial charge in [0, 0.05) is 53.6 Å². The maximum Gasteiger partial charge on any atom is 0.309 e. The third-order valence-electron chi connectivity index (χ3n) is 7.54. The molecule has 11 heteroatoms. The molecular weight excluding hydrogens is 521 g/mol. The van der Waals surface area contributed by atoms with Crippen LogP contribution < -0.4 is 10.1 Å². The van der Waals surface area contributed by atoms with Crippen LogP contribution >= 0.6 is 0 Å². The van der Waals surface area contributed by atoms with Crippen LogP contribution in [0, 0.1) is 22.9 Å². The fraction of sp³-hybridized carbons (Fsp3) is 0.429. The van der Waals surface area contributed by atoms with Crippen LogP contribution in [-0.2, 0) is 11.5 Å². The topological polar surface area (TPSA) is 74.7 Å². The fourth-order valence-electron chi connectivity index (χ4n) is 5.18. The average molecular weight is 552 g/mol. The minimum absolute atomic E-state index is 0.0727. The molecule has 6 nitrogen and oxygen atoms in total. The Balaban J connectivity index is 1.38. The number of aromatic nitrogens is 1. The predicted octanol–water partition coefficient (Wildman–Crippen LogP) is 6.20. The van der Waals surface area contributed by atoms with Crippen molar-refractivity contribution in [1.29, 1.82) is 0 Å². The molecule has 4 rings (SSSR count). The van der Waals surface area contributed by atoms with Gasteiger partial charge in [0.05, 0.1) is 18.0 Å². The molecule has 0 spiro atoms. The van der Waals surface area contributed by atoms with Gasteiger partial charge in [-0.25, -0.2) is 22.0 Å². The summed E-state index contributed by atoms with van der Waals surface area (Å²) in [4.78, 5) is 18.5. The summed E-state index contributed by atoms with van der Waals surface area (Å²) in [7, 11) is 1.47. The molecule has 1 aliphatic rings. The van der Waals surface area contributed by atoms with Crippen LogP contribution in [0.2, 0.25) is 0 Å². The average Bonchev–Trinajstić information content (AvgIpc) is 2.94. The van der Waals surface area contributed by atoms with Crippen LogP contribution in [0.25, 0.3) is 10.9 Å². The van der Waals surface area contributed by atoms with E-state index in [1.54, 1.807) is 18.2 Å². The number of halogens is 5. The lowest BCUT2D eigenvalue weighted by atomic mass is 9.74. The molecule has 210 valence electrons. The van der Waals surface area contributed by atoms with Gasteiger partial charge in [-0.1, -0.05) is 0 Å². The summed E-state index contributed by atoms with van der Waals surface area (Å²) in [6.07, 6.45) is 0.265. The van der Waals surface area contributed by atoms with Crippen molar-refractivity contribution in [2.24, 2.45) is 5.41 Å². The van der Waals surface area contributed by atoms with Crippen molar-refractivity contribution in [3.63, 3.8) is 0 Å². The number of benzene rings is 2. The highest BCUT2D eigenvalue weighted by Crippen LogP contribution is 2.41. The Morgan fingerprint density at radius 1 is 1.18 bits per heavy atom. The highest BCUT2D eigenvalue weighted by Gasteiger charge is 2.41. The molecule has 2 heterocycles. The molecule has 0 saturated carbocycles. The molecule has 2 N–H and O–H groups in total. The van der Waals surface area contributed by atoms with E-state index in [9.17, 15) is 27.5 Å². The maximum absolute atomic E-state index is 15.7. The molecule has 0 radical (unpaired) electrons. The first kappa shape index (κ1) is 28.5. The lowest BCUT2D eigenvalue weighted by Gasteiger charge is -2.39. The first-order valence-electron chi connectivity index (χ1n) is 12.7. The number of piperidine rings is 1. The van der Waals surface area contributed by atoms with Gasteiger partial charge in [0.1, 0.15) is 18.6 Å². The van der Waals surface area contributed by atoms with E-state index in [4.69, 9.17) is 4.74 Å². The molecule has 1 atom stereocenters. The number of carboxylic acid groups (broad SMARTS) is 1. The highest BCUT2D eigenvalue weighted by atomic mass is 19.2. The second kappa shape index (κ2) is 12.1. The summed E-state index contributed by atoms with van der Waals surface area (Å²) in [5.74, 6) is -4.63. The predicted molar refractivity (Wildman–Crippen MR) is 137 cm³/mol. The molecule has 1 saturated heterocycles. The van der Waals surface area contributed by atoms with E-state index in [0.717, 1.165) is 12.1 Å². The summed E-state index contributed by atoms with van der Waals surface area (Å²) in [5.41, 5.74) is -0.249. The molecule has 2 aromatic carbocycles. The quantitative estimate of drug-likeness (QED) is 0.218. The Hall–Kier alpha value is -3.47. The minimum atomic E-state index is -1.59. The van der Waals surface area contributed by atoms with E-state index < -0.39 is 41.7 Å². The lowest BCUT2D eigenvalue weighted by molar-refractivity contribution is -0.153. The number of nitrogens with one attached hydrogen (secondary N) is 1. The zero-order valence-electron chi connectivity index (χ0n) is 21.5. The van der Waals surface area contributed by atoms with E-state index >= 15 is 4.39 Å². The third-order valence-corrected chi connectivity index (χ3v) is 7.54. The normalized spacial score (nSPS) is 16.3. The van der Waals surface area contributed by atoms with Crippen LogP contribution in [0.15, 0.2) is 36.5 Å². The number of carboxylic acids is 1. The van der Waals surface area contributed by atoms with Gasteiger partial charge in [0.25, 0.3) is 0 Å². The van der Waals surface area contributed by atoms with Crippen molar-refractivity contribution in [2.45, 2.75) is 38.5 Å². The minimum Gasteiger partial charge on any atom is -0.497 e. The SMILES string of the molecule is COc1ccc2ncc(CF)c([C@@H](F)CCC3(C(=O)O)CCN(CCNc4cc(F)c(F)c(F)c4)CC3)c2c1. The third kappa shape index (κ3) is 6.24. The van der Waals surface area contributed by atoms with Gasteiger partial charge in [-0.3, -0.25) is 9.78 Å². The number of ether oxygens (including phenoxy) is 1. The second-order valence-electron chi connectivity index (χ2n) is 9.83. The van der Waals surface area contributed by atoms with Crippen molar-refractivity contribution in [2.75, 3.05) is 38.6 Å². The Morgan fingerprint density at radius 3 is 2.49 bits per heavy atom. The molecular formula is C28H30F5N3O3. The van der Waals surface area contributed by atoms with Gasteiger partial charge in [-0.05, 0) is 57.0 Å². The maximum atomic E-state index is 15.7. The number of rotatable bonds is 11. The molecule has 3 aromatic rings. The number of nitrogens with zero attached hydrogens (tertiary/aromatic N) is 2. The van der Waals surface area contributed by atoms with E-state index in [2.05, 4.69) is 10.3 Å². The first-order valence-corrected chi connectivity index (χ1v) is 12.7. The summed E-state index contributed by atoms with van der Waals surface area (Å²) in [5, 5.41) is 13.3. The lowest BCUT2D eigenvalue weighted by Crippen LogP contribution is -2.45. The molecule has 1 aliphatic heterocycles. The Kier molecular flexibility index (Phi) is 8.89. The Morgan fingerprint density at radius 2 is 1.87 bits per heavy atom. The highest BCUT2D eigenvalue weighted by molar-refractivity contribution is 5.85. The standard InChI is InChI=1S/C28H30F5N3O3/c1-39-19-2-3-24-20(14-19)25(17(15-29)16-35-24)21(30)4-5-28(27(37)38)6-9-36(10-7-28)11-8-34-18-12-22(31)26(33)23(32)13-18/h2-3,12-14,16,21,34H,4-11,15H2,1H3,(H,37,38)/t21-/m0/s1. The van der Waals surface area contributed by atoms with Gasteiger partial charge < -0.3 is 20.1 Å². The van der Waals surface area contributed by atoms with Crippen molar-refractivity contribution >= 4 is 22.6 Å². The molecule has 0 bridgehead atoms. The van der Waals surface area contributed by atoms with Crippen LogP contribution in [-0.4, -0.2) is 54.2 Å². The van der Waals surface area contributed by atoms with E-state index in [1.807, 2.05) is 4.90 Å². The van der Waals surface area contributed by atoms with Crippen LogP contribution in [0.3, 0.4) is 0 Å². The van der Waals surface area contributed by atoms with Gasteiger partial charge in [-0.2, -0.15) is 0 Å². The van der Waals surface area contributed by atoms with Crippen LogP contribution in [0.1, 0.15) is 43.0 Å². The van der Waals surface area contributed by atoms with Crippen LogP contribution in [0.5, 0.6) is 5.75 Å². The smallest absolute Gasteiger partial charge is 0.309 e. The van der Waals surface area contributed by atoms with E-state index in [-0.39, 0.29) is 42.5 Å². The molecule has 0 amide bonds. The van der Waals surface area contributed by atoms with E-state index in [0.29, 0.717) is 42.8 Å². The molecule has 1 fully saturated rings. The van der Waals surface area contributed by atoms with Crippen LogP contribution in [0.4, 0.5) is 27.6 Å². The number of alkyl halides is 2. The number of anilines is 1. The largest absolute Gasteiger partial charge is 0.497 e. The summed E-state index contributed by atoms with van der Waals surface area (Å²) >= 11 is 0. The number of hydrogen-bond acceptors (Lipinski definition) is 5.